The number of esters is 2. The van der Waals surface area contributed by atoms with Crippen LogP contribution in [0, 0.1) is 0 Å². The summed E-state index contributed by atoms with van der Waals surface area (Å²) in [7, 11) is 0. The summed E-state index contributed by atoms with van der Waals surface area (Å²) in [5.41, 5.74) is 2.77. The van der Waals surface area contributed by atoms with E-state index in [0.29, 0.717) is 26.1 Å². The Hall–Kier alpha value is -6.94. The summed E-state index contributed by atoms with van der Waals surface area (Å²) >= 11 is 5.38. The Bertz CT molecular complexity index is 2770. The minimum absolute atomic E-state index is 0.278. The average molecular weight is 1130 g/mol. The minimum atomic E-state index is -0.844. The Morgan fingerprint density at radius 3 is 1.05 bits per heavy atom. The first kappa shape index (κ1) is 59.7. The molecule has 2 N–H and O–H groups in total. The molecule has 12 nitrogen and oxygen atoms in total. The number of rotatable bonds is 28. The molecule has 15 heteroatoms. The third-order valence-corrected chi connectivity index (χ3v) is 15.9. The van der Waals surface area contributed by atoms with E-state index in [-0.39, 0.29) is 13.2 Å². The fourth-order valence-electron chi connectivity index (χ4n) is 8.31. The standard InChI is InChI=1S/C64H74N2O10S3/c1-63(2,3)75-61(69)65-51(43-45-21-13-11-14-22-45)59(67)73-41-19-9-7-17-39-71-49-29-25-47(26-30-49)53-33-35-55(77-53)57-37-38-58(79-57)56-36-34-54(78-56)48-27-31-50(32-28-48)72-40-18-8-10-20-42-74-60(68)52(44-46-23-15-12-16-24-46)66-62(70)76-64(4,5)6/h11-16,21-38,51-52H,7-10,17-20,39-44H2,1-6H3,(H,65,69)(H,66,70)/t51-,52-/m0/s1. The van der Waals surface area contributed by atoms with Gasteiger partial charge in [-0.1, -0.05) is 60.7 Å². The van der Waals surface area contributed by atoms with Crippen molar-refractivity contribution in [3.8, 4) is 51.9 Å². The zero-order valence-electron chi connectivity index (χ0n) is 46.2. The van der Waals surface area contributed by atoms with Crippen LogP contribution >= 0.6 is 34.0 Å². The fourth-order valence-corrected chi connectivity index (χ4v) is 11.5. The van der Waals surface area contributed by atoms with Crippen LogP contribution in [-0.4, -0.2) is 73.8 Å². The maximum absolute atomic E-state index is 13.0. The number of nitrogens with one attached hydrogen (secondary N) is 2. The predicted molar refractivity (Wildman–Crippen MR) is 318 cm³/mol. The van der Waals surface area contributed by atoms with Gasteiger partial charge in [0.25, 0.3) is 0 Å². The first-order chi connectivity index (χ1) is 38.0. The van der Waals surface area contributed by atoms with Gasteiger partial charge in [-0.2, -0.15) is 0 Å². The SMILES string of the molecule is CC(C)(C)OC(=O)N[C@@H](Cc1ccccc1)C(=O)OCCCCCCOc1ccc(-c2ccc(-c3ccc(-c4ccc(-c5ccc(OCCCCCCOC(=O)[C@H](Cc6ccccc6)NC(=O)OC(C)(C)C)cc5)s4)s3)s2)cc1. The predicted octanol–water partition coefficient (Wildman–Crippen LogP) is 15.8. The Kier molecular flexibility index (Phi) is 22.6. The lowest BCUT2D eigenvalue weighted by molar-refractivity contribution is -0.147. The van der Waals surface area contributed by atoms with Crippen LogP contribution < -0.4 is 20.1 Å². The van der Waals surface area contributed by atoms with Gasteiger partial charge in [-0.3, -0.25) is 0 Å². The first-order valence-electron chi connectivity index (χ1n) is 27.2. The van der Waals surface area contributed by atoms with Crippen molar-refractivity contribution in [3.05, 3.63) is 157 Å². The van der Waals surface area contributed by atoms with Crippen molar-refractivity contribution >= 4 is 58.1 Å². The molecule has 418 valence electrons. The van der Waals surface area contributed by atoms with E-state index in [2.05, 4.69) is 71.3 Å². The molecule has 2 atom stereocenters. The molecule has 0 saturated heterocycles. The molecular formula is C64H74N2O10S3. The number of hydrogen-bond acceptors (Lipinski definition) is 13. The molecule has 0 unspecified atom stereocenters. The number of carbonyl (C=O) groups excluding carboxylic acids is 4. The molecule has 0 spiro atoms. The van der Waals surface area contributed by atoms with Crippen molar-refractivity contribution in [1.82, 2.24) is 10.6 Å². The molecule has 0 saturated carbocycles. The average Bonchev–Trinajstić information content (AvgIpc) is 4.25. The number of ether oxygens (including phenoxy) is 6. The van der Waals surface area contributed by atoms with Crippen LogP contribution in [-0.2, 0) is 41.4 Å². The van der Waals surface area contributed by atoms with Gasteiger partial charge in [0.05, 0.1) is 26.4 Å². The fraction of sp³-hybridized carbons (Fsp3) is 0.375. The van der Waals surface area contributed by atoms with Crippen LogP contribution in [0.5, 0.6) is 11.5 Å². The lowest BCUT2D eigenvalue weighted by atomic mass is 10.1. The van der Waals surface area contributed by atoms with E-state index >= 15 is 0 Å². The smallest absolute Gasteiger partial charge is 0.408 e. The zero-order chi connectivity index (χ0) is 56.0. The van der Waals surface area contributed by atoms with Gasteiger partial charge in [0.15, 0.2) is 0 Å². The molecule has 0 bridgehead atoms. The normalized spacial score (nSPS) is 12.2. The lowest BCUT2D eigenvalue weighted by Crippen LogP contribution is -2.45. The van der Waals surface area contributed by atoms with Crippen molar-refractivity contribution in [3.63, 3.8) is 0 Å². The second kappa shape index (κ2) is 29.9. The van der Waals surface area contributed by atoms with Crippen LogP contribution in [0.25, 0.3) is 40.4 Å². The van der Waals surface area contributed by atoms with E-state index < -0.39 is 47.4 Å². The summed E-state index contributed by atoms with van der Waals surface area (Å²) in [6.07, 6.45) is 6.19. The van der Waals surface area contributed by atoms with Crippen LogP contribution in [0.1, 0.15) is 104 Å². The molecule has 3 aromatic heterocycles. The first-order valence-corrected chi connectivity index (χ1v) is 29.7. The number of alkyl carbamates (subject to hydrolysis) is 2. The van der Waals surface area contributed by atoms with Gasteiger partial charge in [0, 0.05) is 42.1 Å². The molecular weight excluding hydrogens is 1050 g/mol. The molecule has 4 aromatic carbocycles. The van der Waals surface area contributed by atoms with Gasteiger partial charge in [-0.15, -0.1) is 34.0 Å². The molecule has 7 aromatic rings. The van der Waals surface area contributed by atoms with Crippen LogP contribution in [0.2, 0.25) is 0 Å². The summed E-state index contributed by atoms with van der Waals surface area (Å²) < 4.78 is 34.1. The maximum atomic E-state index is 13.0. The molecule has 0 aliphatic rings. The zero-order valence-corrected chi connectivity index (χ0v) is 48.7. The quantitative estimate of drug-likeness (QED) is 0.0276. The van der Waals surface area contributed by atoms with Crippen molar-refractivity contribution in [2.24, 2.45) is 0 Å². The lowest BCUT2D eigenvalue weighted by Gasteiger charge is -2.23. The third kappa shape index (κ3) is 20.7. The van der Waals surface area contributed by atoms with Crippen LogP contribution in [0.15, 0.2) is 146 Å². The number of unbranched alkanes of at least 4 members (excludes halogenated alkanes) is 6. The van der Waals surface area contributed by atoms with E-state index in [9.17, 15) is 19.2 Å². The number of hydrogen-bond donors (Lipinski definition) is 2. The van der Waals surface area contributed by atoms with Gasteiger partial charge in [-0.25, -0.2) is 19.2 Å². The summed E-state index contributed by atoms with van der Waals surface area (Å²) in [5, 5.41) is 5.38. The Labute approximate surface area is 477 Å². The Morgan fingerprint density at radius 1 is 0.392 bits per heavy atom. The minimum Gasteiger partial charge on any atom is -0.494 e. The second-order valence-corrected chi connectivity index (χ2v) is 24.4. The van der Waals surface area contributed by atoms with Gasteiger partial charge in [0.1, 0.15) is 34.8 Å². The Balaban J connectivity index is 0.767. The molecule has 3 heterocycles. The highest BCUT2D eigenvalue weighted by molar-refractivity contribution is 7.27. The summed E-state index contributed by atoms with van der Waals surface area (Å²) in [6.45, 7) is 12.4. The number of amides is 2. The van der Waals surface area contributed by atoms with E-state index in [1.54, 1.807) is 64.2 Å². The number of thiophene rings is 3. The third-order valence-electron chi connectivity index (χ3n) is 12.2. The maximum Gasteiger partial charge on any atom is 0.408 e. The highest BCUT2D eigenvalue weighted by atomic mass is 32.1. The highest BCUT2D eigenvalue weighted by Crippen LogP contribution is 2.43. The highest BCUT2D eigenvalue weighted by Gasteiger charge is 2.27. The van der Waals surface area contributed by atoms with E-state index in [4.69, 9.17) is 28.4 Å². The van der Waals surface area contributed by atoms with E-state index in [0.717, 1.165) is 85.1 Å². The number of benzene rings is 4. The van der Waals surface area contributed by atoms with E-state index in [1.807, 2.05) is 96.3 Å². The molecule has 2 amide bonds. The van der Waals surface area contributed by atoms with E-state index in [1.165, 1.54) is 29.3 Å². The summed E-state index contributed by atoms with van der Waals surface area (Å²) in [6, 6.07) is 47.1. The van der Waals surface area contributed by atoms with Gasteiger partial charge in [0.2, 0.25) is 0 Å². The summed E-state index contributed by atoms with van der Waals surface area (Å²) in [4.78, 5) is 58.3. The number of carbonyl (C=O) groups is 4. The van der Waals surface area contributed by atoms with Crippen molar-refractivity contribution in [2.75, 3.05) is 26.4 Å². The van der Waals surface area contributed by atoms with Gasteiger partial charge in [-0.05, 0) is 200 Å². The van der Waals surface area contributed by atoms with Crippen molar-refractivity contribution < 1.29 is 47.6 Å². The van der Waals surface area contributed by atoms with Crippen LogP contribution in [0.4, 0.5) is 9.59 Å². The molecule has 0 radical (unpaired) electrons. The molecule has 7 rings (SSSR count). The van der Waals surface area contributed by atoms with Gasteiger partial charge < -0.3 is 39.1 Å². The topological polar surface area (TPSA) is 148 Å². The Morgan fingerprint density at radius 2 is 0.709 bits per heavy atom. The van der Waals surface area contributed by atoms with Crippen molar-refractivity contribution in [1.29, 1.82) is 0 Å². The molecule has 0 fully saturated rings. The molecule has 0 aliphatic heterocycles. The monoisotopic (exact) mass is 1130 g/mol. The van der Waals surface area contributed by atoms with Gasteiger partial charge >= 0.3 is 24.1 Å². The van der Waals surface area contributed by atoms with Crippen molar-refractivity contribution in [2.45, 2.75) is 129 Å². The van der Waals surface area contributed by atoms with Crippen LogP contribution in [0.3, 0.4) is 0 Å². The summed E-state index contributed by atoms with van der Waals surface area (Å²) in [5.74, 6) is 0.720. The largest absolute Gasteiger partial charge is 0.494 e. The molecule has 79 heavy (non-hydrogen) atoms. The second-order valence-electron chi connectivity index (χ2n) is 21.2. The molecule has 0 aliphatic carbocycles.